The van der Waals surface area contributed by atoms with E-state index in [1.54, 1.807) is 22.9 Å². The molecule has 2 amide bonds. The zero-order chi connectivity index (χ0) is 23.5. The van der Waals surface area contributed by atoms with E-state index in [1.807, 2.05) is 51.1 Å². The van der Waals surface area contributed by atoms with Crippen LogP contribution in [0.4, 0.5) is 16.3 Å². The van der Waals surface area contributed by atoms with Crippen molar-refractivity contribution in [3.63, 3.8) is 0 Å². The number of carbonyl (C=O) groups excluding carboxylic acids is 2. The molecule has 0 saturated carbocycles. The summed E-state index contributed by atoms with van der Waals surface area (Å²) in [6, 6.07) is 13.6. The standard InChI is InChI=1S/C23H25Cl2N5O2/c1-23(2,3)19-11-20(28-22(32)27-18-9-5-8-17(24)21(18)25)30(29-19)16-7-4-6-14(10-16)15(12-26)13-31/h4-11,13,15H,12,26H2,1-3H3,(H2,27,28,32). The van der Waals surface area contributed by atoms with Crippen LogP contribution in [0.25, 0.3) is 5.69 Å². The van der Waals surface area contributed by atoms with E-state index in [-0.39, 0.29) is 17.0 Å². The van der Waals surface area contributed by atoms with Gasteiger partial charge in [-0.05, 0) is 29.8 Å². The smallest absolute Gasteiger partial charge is 0.324 e. The fraction of sp³-hybridized carbons (Fsp3) is 0.261. The van der Waals surface area contributed by atoms with Crippen LogP contribution in [-0.2, 0) is 10.2 Å². The third-order valence-electron chi connectivity index (χ3n) is 4.88. The predicted octanol–water partition coefficient (Wildman–Crippen LogP) is 5.36. The number of amides is 2. The van der Waals surface area contributed by atoms with Crippen LogP contribution in [0.2, 0.25) is 10.0 Å². The molecule has 0 bridgehead atoms. The Bertz CT molecular complexity index is 1140. The van der Waals surface area contributed by atoms with Gasteiger partial charge in [0.15, 0.2) is 0 Å². The van der Waals surface area contributed by atoms with Crippen LogP contribution in [0.5, 0.6) is 0 Å². The molecule has 4 N–H and O–H groups in total. The second-order valence-electron chi connectivity index (χ2n) is 8.33. The molecule has 1 heterocycles. The van der Waals surface area contributed by atoms with E-state index in [9.17, 15) is 9.59 Å². The quantitative estimate of drug-likeness (QED) is 0.419. The summed E-state index contributed by atoms with van der Waals surface area (Å²) in [5, 5.41) is 10.8. The number of hydrogen-bond donors (Lipinski definition) is 3. The minimum atomic E-state index is -0.500. The highest BCUT2D eigenvalue weighted by atomic mass is 35.5. The number of nitrogens with zero attached hydrogens (tertiary/aromatic N) is 2. The lowest BCUT2D eigenvalue weighted by molar-refractivity contribution is -0.108. The first kappa shape index (κ1) is 23.8. The van der Waals surface area contributed by atoms with Crippen molar-refractivity contribution < 1.29 is 9.59 Å². The van der Waals surface area contributed by atoms with Gasteiger partial charge in [0.05, 0.1) is 33.0 Å². The fourth-order valence-electron chi connectivity index (χ4n) is 3.06. The number of benzene rings is 2. The normalized spacial score (nSPS) is 12.3. The van der Waals surface area contributed by atoms with Gasteiger partial charge in [-0.1, -0.05) is 62.2 Å². The topological polar surface area (TPSA) is 102 Å². The molecular formula is C23H25Cl2N5O2. The minimum Gasteiger partial charge on any atom is -0.329 e. The maximum absolute atomic E-state index is 12.7. The second-order valence-corrected chi connectivity index (χ2v) is 9.12. The number of hydrogen-bond acceptors (Lipinski definition) is 4. The van der Waals surface area contributed by atoms with Crippen molar-refractivity contribution in [2.24, 2.45) is 5.73 Å². The zero-order valence-electron chi connectivity index (χ0n) is 18.0. The lowest BCUT2D eigenvalue weighted by Crippen LogP contribution is -2.21. The molecule has 1 unspecified atom stereocenters. The molecule has 0 fully saturated rings. The minimum absolute atomic E-state index is 0.202. The number of rotatable bonds is 6. The van der Waals surface area contributed by atoms with Crippen LogP contribution in [0.3, 0.4) is 0 Å². The van der Waals surface area contributed by atoms with Gasteiger partial charge in [-0.2, -0.15) is 5.10 Å². The molecule has 0 spiro atoms. The van der Waals surface area contributed by atoms with E-state index in [1.165, 1.54) is 0 Å². The molecule has 0 aliphatic heterocycles. The van der Waals surface area contributed by atoms with Crippen LogP contribution in [-0.4, -0.2) is 28.6 Å². The Morgan fingerprint density at radius 1 is 1.16 bits per heavy atom. The molecule has 0 aliphatic carbocycles. The van der Waals surface area contributed by atoms with Gasteiger partial charge in [0.25, 0.3) is 0 Å². The number of aldehydes is 1. The van der Waals surface area contributed by atoms with Crippen LogP contribution in [0.1, 0.15) is 37.9 Å². The van der Waals surface area contributed by atoms with Crippen molar-refractivity contribution in [3.8, 4) is 5.69 Å². The van der Waals surface area contributed by atoms with E-state index in [2.05, 4.69) is 10.6 Å². The molecule has 2 aromatic carbocycles. The summed E-state index contributed by atoms with van der Waals surface area (Å²) in [5.74, 6) is 0.0374. The van der Waals surface area contributed by atoms with E-state index in [0.29, 0.717) is 22.2 Å². The number of nitrogens with two attached hydrogens (primary N) is 1. The highest BCUT2D eigenvalue weighted by Crippen LogP contribution is 2.30. The number of carbonyl (C=O) groups is 2. The molecule has 3 aromatic rings. The van der Waals surface area contributed by atoms with Gasteiger partial charge in [-0.25, -0.2) is 9.48 Å². The van der Waals surface area contributed by atoms with Gasteiger partial charge >= 0.3 is 6.03 Å². The first-order valence-corrected chi connectivity index (χ1v) is 10.8. The van der Waals surface area contributed by atoms with Crippen LogP contribution in [0, 0.1) is 0 Å². The molecule has 1 atom stereocenters. The predicted molar refractivity (Wildman–Crippen MR) is 129 cm³/mol. The summed E-state index contributed by atoms with van der Waals surface area (Å²) >= 11 is 12.2. The van der Waals surface area contributed by atoms with Crippen molar-refractivity contribution in [3.05, 3.63) is 69.8 Å². The van der Waals surface area contributed by atoms with Gasteiger partial charge in [0.1, 0.15) is 12.1 Å². The summed E-state index contributed by atoms with van der Waals surface area (Å²) in [6.07, 6.45) is 0.824. The Labute approximate surface area is 196 Å². The van der Waals surface area contributed by atoms with Crippen molar-refractivity contribution >= 4 is 47.0 Å². The van der Waals surface area contributed by atoms with Gasteiger partial charge in [0, 0.05) is 18.0 Å². The van der Waals surface area contributed by atoms with E-state index in [4.69, 9.17) is 34.0 Å². The van der Waals surface area contributed by atoms with Crippen LogP contribution in [0.15, 0.2) is 48.5 Å². The largest absolute Gasteiger partial charge is 0.329 e. The Balaban J connectivity index is 1.97. The van der Waals surface area contributed by atoms with Crippen molar-refractivity contribution in [2.45, 2.75) is 32.1 Å². The first-order chi connectivity index (χ1) is 15.1. The molecule has 3 rings (SSSR count). The van der Waals surface area contributed by atoms with Crippen molar-refractivity contribution in [1.29, 1.82) is 0 Å². The Morgan fingerprint density at radius 3 is 2.53 bits per heavy atom. The summed E-state index contributed by atoms with van der Waals surface area (Å²) < 4.78 is 1.63. The summed E-state index contributed by atoms with van der Waals surface area (Å²) in [7, 11) is 0. The third kappa shape index (κ3) is 5.30. The van der Waals surface area contributed by atoms with Crippen LogP contribution < -0.4 is 16.4 Å². The first-order valence-electron chi connectivity index (χ1n) is 10.0. The maximum atomic E-state index is 12.7. The molecule has 1 aromatic heterocycles. The van der Waals surface area contributed by atoms with E-state index < -0.39 is 11.9 Å². The maximum Gasteiger partial charge on any atom is 0.324 e. The lowest BCUT2D eigenvalue weighted by atomic mass is 9.92. The number of nitrogens with one attached hydrogen (secondary N) is 2. The average molecular weight is 474 g/mol. The average Bonchev–Trinajstić information content (AvgIpc) is 3.17. The number of anilines is 2. The van der Waals surface area contributed by atoms with Gasteiger partial charge in [-0.3, -0.25) is 5.32 Å². The third-order valence-corrected chi connectivity index (χ3v) is 5.70. The molecule has 9 heteroatoms. The zero-order valence-corrected chi connectivity index (χ0v) is 19.5. The number of aromatic nitrogens is 2. The Hall–Kier alpha value is -2.87. The SMILES string of the molecule is CC(C)(C)c1cc(NC(=O)Nc2cccc(Cl)c2Cl)n(-c2cccc(C(C=O)CN)c2)n1. The molecule has 0 aliphatic rings. The van der Waals surface area contributed by atoms with Gasteiger partial charge < -0.3 is 15.8 Å². The summed E-state index contributed by atoms with van der Waals surface area (Å²) in [6.45, 7) is 6.29. The Kier molecular flexibility index (Phi) is 7.23. The van der Waals surface area contributed by atoms with Crippen LogP contribution >= 0.6 is 23.2 Å². The fourth-order valence-corrected chi connectivity index (χ4v) is 3.41. The second kappa shape index (κ2) is 9.73. The molecule has 7 nitrogen and oxygen atoms in total. The molecule has 0 saturated heterocycles. The highest BCUT2D eigenvalue weighted by Gasteiger charge is 2.22. The van der Waals surface area contributed by atoms with E-state index in [0.717, 1.165) is 17.5 Å². The van der Waals surface area contributed by atoms with Crippen molar-refractivity contribution in [1.82, 2.24) is 9.78 Å². The molecular weight excluding hydrogens is 449 g/mol. The van der Waals surface area contributed by atoms with E-state index >= 15 is 0 Å². The highest BCUT2D eigenvalue weighted by molar-refractivity contribution is 6.44. The number of halogens is 2. The molecule has 0 radical (unpaired) electrons. The molecule has 168 valence electrons. The summed E-state index contributed by atoms with van der Waals surface area (Å²) in [4.78, 5) is 24.1. The summed E-state index contributed by atoms with van der Waals surface area (Å²) in [5.41, 5.74) is 8.09. The van der Waals surface area contributed by atoms with Gasteiger partial charge in [-0.15, -0.1) is 0 Å². The lowest BCUT2D eigenvalue weighted by Gasteiger charge is -2.14. The monoisotopic (exact) mass is 473 g/mol. The molecule has 32 heavy (non-hydrogen) atoms. The Morgan fingerprint density at radius 2 is 1.88 bits per heavy atom. The van der Waals surface area contributed by atoms with Crippen molar-refractivity contribution in [2.75, 3.05) is 17.2 Å². The van der Waals surface area contributed by atoms with Gasteiger partial charge in [0.2, 0.25) is 0 Å². The number of urea groups is 1.